The average molecular weight is 248 g/mol. The van der Waals surface area contributed by atoms with Gasteiger partial charge in [0.25, 0.3) is 0 Å². The summed E-state index contributed by atoms with van der Waals surface area (Å²) in [5.74, 6) is 1.43. The van der Waals surface area contributed by atoms with Crippen molar-refractivity contribution in [2.75, 3.05) is 31.5 Å². The van der Waals surface area contributed by atoms with Crippen LogP contribution >= 0.6 is 23.2 Å². The maximum absolute atomic E-state index is 6.01. The van der Waals surface area contributed by atoms with Crippen LogP contribution in [0.3, 0.4) is 0 Å². The maximum Gasteiger partial charge on any atom is 0.145 e. The van der Waals surface area contributed by atoms with Gasteiger partial charge in [0.2, 0.25) is 0 Å². The second kappa shape index (κ2) is 5.47. The molecule has 0 aliphatic carbocycles. The van der Waals surface area contributed by atoms with Crippen molar-refractivity contribution in [3.05, 3.63) is 22.7 Å². The van der Waals surface area contributed by atoms with E-state index in [1.807, 2.05) is 31.0 Å². The quantitative estimate of drug-likeness (QED) is 0.758. The number of benzene rings is 1. The summed E-state index contributed by atoms with van der Waals surface area (Å²) in [5, 5.41) is 0.713. The molecule has 0 fully saturated rings. The Morgan fingerprint density at radius 1 is 1.40 bits per heavy atom. The van der Waals surface area contributed by atoms with E-state index < -0.39 is 0 Å². The molecule has 4 heteroatoms. The van der Waals surface area contributed by atoms with E-state index in [1.165, 1.54) is 0 Å². The molecule has 0 amide bonds. The Morgan fingerprint density at radius 3 is 2.60 bits per heavy atom. The van der Waals surface area contributed by atoms with Crippen LogP contribution in [0.25, 0.3) is 0 Å². The van der Waals surface area contributed by atoms with Gasteiger partial charge in [-0.3, -0.25) is 0 Å². The molecule has 0 atom stereocenters. The topological polar surface area (TPSA) is 12.5 Å². The third kappa shape index (κ3) is 2.93. The molecule has 1 rings (SSSR count). The zero-order valence-electron chi connectivity index (χ0n) is 9.18. The van der Waals surface area contributed by atoms with E-state index in [-0.39, 0.29) is 0 Å². The first-order valence-corrected chi connectivity index (χ1v) is 5.62. The molecule has 15 heavy (non-hydrogen) atoms. The van der Waals surface area contributed by atoms with Gasteiger partial charge in [0, 0.05) is 24.5 Å². The Hall–Kier alpha value is -0.600. The van der Waals surface area contributed by atoms with E-state index in [1.54, 1.807) is 7.11 Å². The molecule has 0 saturated carbocycles. The number of halogens is 2. The predicted octanol–water partition coefficient (Wildman–Crippen LogP) is 3.33. The number of hydrogen-bond donors (Lipinski definition) is 0. The number of hydrogen-bond acceptors (Lipinski definition) is 2. The minimum absolute atomic E-state index is 0.575. The SMILES string of the molecule is COc1c(C)cc(Cl)cc1N(C)CCCl. The molecular formula is C11H15Cl2NO. The highest BCUT2D eigenvalue weighted by Gasteiger charge is 2.11. The molecule has 1 aromatic rings. The van der Waals surface area contributed by atoms with Crippen molar-refractivity contribution in [1.29, 1.82) is 0 Å². The smallest absolute Gasteiger partial charge is 0.145 e. The van der Waals surface area contributed by atoms with Crippen LogP contribution in [0.15, 0.2) is 12.1 Å². The molecule has 0 unspecified atom stereocenters. The molecule has 0 spiro atoms. The van der Waals surface area contributed by atoms with Crippen molar-refractivity contribution < 1.29 is 4.74 Å². The largest absolute Gasteiger partial charge is 0.494 e. The second-order valence-corrected chi connectivity index (χ2v) is 4.20. The lowest BCUT2D eigenvalue weighted by molar-refractivity contribution is 0.412. The predicted molar refractivity (Wildman–Crippen MR) is 66.7 cm³/mol. The fourth-order valence-electron chi connectivity index (χ4n) is 1.51. The van der Waals surface area contributed by atoms with Crippen molar-refractivity contribution in [2.45, 2.75) is 6.92 Å². The number of aryl methyl sites for hydroxylation is 1. The van der Waals surface area contributed by atoms with Gasteiger partial charge in [-0.2, -0.15) is 0 Å². The summed E-state index contributed by atoms with van der Waals surface area (Å²) in [5.41, 5.74) is 2.00. The van der Waals surface area contributed by atoms with E-state index >= 15 is 0 Å². The molecule has 2 nitrogen and oxygen atoms in total. The van der Waals surface area contributed by atoms with Gasteiger partial charge in [0.1, 0.15) is 5.75 Å². The lowest BCUT2D eigenvalue weighted by atomic mass is 10.2. The number of alkyl halides is 1. The molecule has 0 aromatic heterocycles. The Bertz CT molecular complexity index is 342. The van der Waals surface area contributed by atoms with E-state index in [4.69, 9.17) is 27.9 Å². The molecule has 0 saturated heterocycles. The summed E-state index contributed by atoms with van der Waals surface area (Å²) in [7, 11) is 3.63. The molecule has 0 aliphatic heterocycles. The second-order valence-electron chi connectivity index (χ2n) is 3.39. The average Bonchev–Trinajstić information content (AvgIpc) is 2.17. The van der Waals surface area contributed by atoms with Crippen molar-refractivity contribution in [1.82, 2.24) is 0 Å². The fourth-order valence-corrected chi connectivity index (χ4v) is 2.03. The van der Waals surface area contributed by atoms with Gasteiger partial charge in [-0.05, 0) is 24.6 Å². The first kappa shape index (κ1) is 12.5. The van der Waals surface area contributed by atoms with E-state index in [0.717, 1.165) is 23.5 Å². The van der Waals surface area contributed by atoms with Crippen LogP contribution in [0.2, 0.25) is 5.02 Å². The molecule has 0 bridgehead atoms. The normalized spacial score (nSPS) is 10.2. The number of rotatable bonds is 4. The number of anilines is 1. The number of methoxy groups -OCH3 is 1. The van der Waals surface area contributed by atoms with Gasteiger partial charge in [0.05, 0.1) is 12.8 Å². The van der Waals surface area contributed by atoms with E-state index in [9.17, 15) is 0 Å². The van der Waals surface area contributed by atoms with Crippen molar-refractivity contribution in [2.24, 2.45) is 0 Å². The summed E-state index contributed by atoms with van der Waals surface area (Å²) in [6, 6.07) is 3.78. The minimum Gasteiger partial charge on any atom is -0.494 e. The van der Waals surface area contributed by atoms with Crippen LogP contribution in [0, 0.1) is 6.92 Å². The van der Waals surface area contributed by atoms with Gasteiger partial charge in [-0.1, -0.05) is 11.6 Å². The molecule has 0 radical (unpaired) electrons. The van der Waals surface area contributed by atoms with Crippen LogP contribution in [-0.4, -0.2) is 26.6 Å². The third-order valence-corrected chi connectivity index (χ3v) is 2.64. The molecule has 1 aromatic carbocycles. The Kier molecular flexibility index (Phi) is 4.55. The van der Waals surface area contributed by atoms with Crippen LogP contribution in [-0.2, 0) is 0 Å². The summed E-state index contributed by atoms with van der Waals surface area (Å²) >= 11 is 11.7. The van der Waals surface area contributed by atoms with Gasteiger partial charge < -0.3 is 9.64 Å². The summed E-state index contributed by atoms with van der Waals surface area (Å²) in [6.07, 6.45) is 0. The fraction of sp³-hybridized carbons (Fsp3) is 0.455. The Labute approximate surface area is 101 Å². The number of ether oxygens (including phenoxy) is 1. The monoisotopic (exact) mass is 247 g/mol. The third-order valence-electron chi connectivity index (χ3n) is 2.26. The van der Waals surface area contributed by atoms with Crippen molar-refractivity contribution in [3.8, 4) is 5.75 Å². The lowest BCUT2D eigenvalue weighted by Gasteiger charge is -2.22. The van der Waals surface area contributed by atoms with Crippen molar-refractivity contribution >= 4 is 28.9 Å². The maximum atomic E-state index is 6.01. The molecule has 0 N–H and O–H groups in total. The van der Waals surface area contributed by atoms with E-state index in [2.05, 4.69) is 0 Å². The first-order valence-electron chi connectivity index (χ1n) is 4.71. The van der Waals surface area contributed by atoms with Gasteiger partial charge in [0.15, 0.2) is 0 Å². The first-order chi connectivity index (χ1) is 7.10. The lowest BCUT2D eigenvalue weighted by Crippen LogP contribution is -2.20. The highest BCUT2D eigenvalue weighted by atomic mass is 35.5. The Morgan fingerprint density at radius 2 is 2.07 bits per heavy atom. The molecule has 0 aliphatic rings. The highest BCUT2D eigenvalue weighted by molar-refractivity contribution is 6.31. The summed E-state index contributed by atoms with van der Waals surface area (Å²) < 4.78 is 5.36. The summed E-state index contributed by atoms with van der Waals surface area (Å²) in [6.45, 7) is 2.74. The van der Waals surface area contributed by atoms with Crippen LogP contribution in [0.4, 0.5) is 5.69 Å². The highest BCUT2D eigenvalue weighted by Crippen LogP contribution is 2.34. The van der Waals surface area contributed by atoms with Gasteiger partial charge in [-0.15, -0.1) is 11.6 Å². The van der Waals surface area contributed by atoms with Gasteiger partial charge in [-0.25, -0.2) is 0 Å². The molecule has 84 valence electrons. The van der Waals surface area contributed by atoms with Gasteiger partial charge >= 0.3 is 0 Å². The van der Waals surface area contributed by atoms with Crippen molar-refractivity contribution in [3.63, 3.8) is 0 Å². The summed E-state index contributed by atoms with van der Waals surface area (Å²) in [4.78, 5) is 2.03. The zero-order chi connectivity index (χ0) is 11.4. The molecular weight excluding hydrogens is 233 g/mol. The molecule has 0 heterocycles. The van der Waals surface area contributed by atoms with Crippen LogP contribution in [0.5, 0.6) is 5.75 Å². The standard InChI is InChI=1S/C11H15Cl2NO/c1-8-6-9(13)7-10(11(8)15-3)14(2)5-4-12/h6-7H,4-5H2,1-3H3. The minimum atomic E-state index is 0.575. The van der Waals surface area contributed by atoms with Crippen LogP contribution < -0.4 is 9.64 Å². The zero-order valence-corrected chi connectivity index (χ0v) is 10.7. The van der Waals surface area contributed by atoms with E-state index in [0.29, 0.717) is 10.9 Å². The Balaban J connectivity index is 3.13. The number of nitrogens with zero attached hydrogens (tertiary/aromatic N) is 1. The van der Waals surface area contributed by atoms with Crippen LogP contribution in [0.1, 0.15) is 5.56 Å².